The Morgan fingerprint density at radius 2 is 2.05 bits per heavy atom. The van der Waals surface area contributed by atoms with Crippen LogP contribution in [0, 0.1) is 0 Å². The van der Waals surface area contributed by atoms with Gasteiger partial charge in [0.25, 0.3) is 0 Å². The number of aromatic nitrogens is 4. The number of aliphatic hydroxyl groups excluding tert-OH is 1. The smallest absolute Gasteiger partial charge is 0.243 e. The fourth-order valence-corrected chi connectivity index (χ4v) is 6.65. The second-order valence-electron chi connectivity index (χ2n) is 9.18. The summed E-state index contributed by atoms with van der Waals surface area (Å²) < 4.78 is 29.3. The van der Waals surface area contributed by atoms with Crippen LogP contribution in [0.25, 0.3) is 21.3 Å². The van der Waals surface area contributed by atoms with E-state index >= 15 is 0 Å². The van der Waals surface area contributed by atoms with Gasteiger partial charge in [0, 0.05) is 34.1 Å². The van der Waals surface area contributed by atoms with Crippen molar-refractivity contribution in [1.82, 2.24) is 24.9 Å². The third kappa shape index (κ3) is 5.53. The monoisotopic (exact) mass is 584 g/mol. The minimum Gasteiger partial charge on any atom is -0.393 e. The van der Waals surface area contributed by atoms with Crippen molar-refractivity contribution in [2.75, 3.05) is 18.9 Å². The van der Waals surface area contributed by atoms with Crippen LogP contribution >= 0.6 is 22.9 Å². The summed E-state index contributed by atoms with van der Waals surface area (Å²) in [5, 5.41) is 27.7. The highest BCUT2D eigenvalue weighted by molar-refractivity contribution is 7.89. The molecule has 0 fully saturated rings. The predicted octanol–water partition coefficient (Wildman–Crippen LogP) is 3.63. The minimum absolute atomic E-state index is 0.0104. The molecular weight excluding hydrogens is 560 g/mol. The van der Waals surface area contributed by atoms with Crippen LogP contribution in [-0.4, -0.2) is 51.9 Å². The van der Waals surface area contributed by atoms with Crippen molar-refractivity contribution in [2.24, 2.45) is 0 Å². The van der Waals surface area contributed by atoms with E-state index in [0.717, 1.165) is 20.5 Å². The molecule has 2 atom stereocenters. The number of nitrogen functional groups attached to an aromatic ring is 1. The number of aliphatic hydroxyl groups is 2. The molecule has 0 aliphatic rings. The second kappa shape index (κ2) is 10.6. The van der Waals surface area contributed by atoms with Gasteiger partial charge in [-0.05, 0) is 48.2 Å². The number of benzene rings is 1. The summed E-state index contributed by atoms with van der Waals surface area (Å²) in [6.45, 7) is 1.07. The predicted molar refractivity (Wildman–Crippen MR) is 151 cm³/mol. The molecule has 0 bridgehead atoms. The van der Waals surface area contributed by atoms with Gasteiger partial charge in [-0.2, -0.15) is 5.10 Å². The molecule has 6 N–H and O–H groups in total. The van der Waals surface area contributed by atoms with Crippen LogP contribution in [-0.2, 0) is 15.6 Å². The Hall–Kier alpha value is -3.39. The number of anilines is 1. The van der Waals surface area contributed by atoms with Gasteiger partial charge in [-0.25, -0.2) is 18.1 Å². The summed E-state index contributed by atoms with van der Waals surface area (Å²) in [7, 11) is -3.85. The van der Waals surface area contributed by atoms with Crippen molar-refractivity contribution in [2.45, 2.75) is 23.3 Å². The zero-order valence-electron chi connectivity index (χ0n) is 20.7. The van der Waals surface area contributed by atoms with Crippen molar-refractivity contribution >= 4 is 48.9 Å². The maximum absolute atomic E-state index is 12.9. The SMILES string of the molecule is CC(O)(CO)c1ccnc(-c2cccc3cc(C(CNS(=O)(=O)c4cn[nH]c4)c4nc(N)ccc4Cl)sc23)c1. The van der Waals surface area contributed by atoms with Gasteiger partial charge >= 0.3 is 0 Å². The van der Waals surface area contributed by atoms with Crippen LogP contribution in [0.1, 0.15) is 29.0 Å². The van der Waals surface area contributed by atoms with E-state index in [0.29, 0.717) is 22.0 Å². The first-order chi connectivity index (χ1) is 18.6. The highest BCUT2D eigenvalue weighted by atomic mass is 35.5. The van der Waals surface area contributed by atoms with Crippen LogP contribution in [0.5, 0.6) is 0 Å². The summed E-state index contributed by atoms with van der Waals surface area (Å²) >= 11 is 7.99. The lowest BCUT2D eigenvalue weighted by molar-refractivity contribution is -0.00230. The average molecular weight is 585 g/mol. The molecule has 4 heterocycles. The first-order valence-electron chi connectivity index (χ1n) is 11.8. The number of pyridine rings is 2. The van der Waals surface area contributed by atoms with E-state index in [1.54, 1.807) is 30.5 Å². The zero-order chi connectivity index (χ0) is 27.8. The summed E-state index contributed by atoms with van der Waals surface area (Å²) in [4.78, 5) is 9.77. The van der Waals surface area contributed by atoms with Crippen molar-refractivity contribution in [3.05, 3.63) is 88.3 Å². The Labute approximate surface area is 233 Å². The summed E-state index contributed by atoms with van der Waals surface area (Å²) in [5.74, 6) is -0.293. The second-order valence-corrected chi connectivity index (χ2v) is 12.4. The van der Waals surface area contributed by atoms with Gasteiger partial charge in [0.15, 0.2) is 0 Å². The molecule has 4 aromatic heterocycles. The molecule has 5 aromatic rings. The van der Waals surface area contributed by atoms with Gasteiger partial charge in [0.1, 0.15) is 16.3 Å². The van der Waals surface area contributed by atoms with E-state index in [9.17, 15) is 18.6 Å². The number of thiophene rings is 1. The highest BCUT2D eigenvalue weighted by Crippen LogP contribution is 2.40. The molecule has 10 nitrogen and oxygen atoms in total. The van der Waals surface area contributed by atoms with Crippen LogP contribution in [0.15, 0.2) is 72.0 Å². The third-order valence-electron chi connectivity index (χ3n) is 6.36. The number of aromatic amines is 1. The Morgan fingerprint density at radius 1 is 1.23 bits per heavy atom. The first-order valence-corrected chi connectivity index (χ1v) is 14.5. The van der Waals surface area contributed by atoms with Gasteiger partial charge in [0.2, 0.25) is 10.0 Å². The van der Waals surface area contributed by atoms with Gasteiger partial charge in [-0.1, -0.05) is 29.8 Å². The molecule has 202 valence electrons. The Bertz CT molecular complexity index is 1740. The lowest BCUT2D eigenvalue weighted by Crippen LogP contribution is -2.29. The zero-order valence-corrected chi connectivity index (χ0v) is 23.1. The molecule has 0 spiro atoms. The van der Waals surface area contributed by atoms with Crippen LogP contribution in [0.2, 0.25) is 5.02 Å². The van der Waals surface area contributed by atoms with E-state index in [1.807, 2.05) is 24.3 Å². The topological polar surface area (TPSA) is 167 Å². The molecular formula is C26H25ClN6O4S2. The van der Waals surface area contributed by atoms with Crippen molar-refractivity contribution < 1.29 is 18.6 Å². The maximum atomic E-state index is 12.9. The van der Waals surface area contributed by atoms with Crippen molar-refractivity contribution in [1.29, 1.82) is 0 Å². The van der Waals surface area contributed by atoms with E-state index in [1.165, 1.54) is 30.7 Å². The van der Waals surface area contributed by atoms with Crippen LogP contribution < -0.4 is 10.5 Å². The van der Waals surface area contributed by atoms with Gasteiger partial charge in [0.05, 0.1) is 35.1 Å². The maximum Gasteiger partial charge on any atom is 0.243 e. The van der Waals surface area contributed by atoms with Gasteiger partial charge in [-0.3, -0.25) is 10.1 Å². The van der Waals surface area contributed by atoms with Gasteiger partial charge < -0.3 is 15.9 Å². The molecule has 0 aliphatic heterocycles. The number of hydrogen-bond acceptors (Lipinski definition) is 9. The molecule has 13 heteroatoms. The molecule has 0 amide bonds. The molecule has 0 saturated carbocycles. The van der Waals surface area contributed by atoms with Crippen LogP contribution in [0.3, 0.4) is 0 Å². The number of nitrogens with two attached hydrogens (primary N) is 1. The molecule has 0 saturated heterocycles. The molecule has 39 heavy (non-hydrogen) atoms. The molecule has 5 rings (SSSR count). The minimum atomic E-state index is -3.85. The van der Waals surface area contributed by atoms with Crippen molar-refractivity contribution in [3.8, 4) is 11.3 Å². The lowest BCUT2D eigenvalue weighted by Gasteiger charge is -2.21. The van der Waals surface area contributed by atoms with Gasteiger partial charge in [-0.15, -0.1) is 11.3 Å². The van der Waals surface area contributed by atoms with Crippen molar-refractivity contribution in [3.63, 3.8) is 0 Å². The normalized spacial score (nSPS) is 14.4. The summed E-state index contributed by atoms with van der Waals surface area (Å²) in [6, 6.07) is 14.4. The lowest BCUT2D eigenvalue weighted by atomic mass is 9.96. The number of halogens is 1. The van der Waals surface area contributed by atoms with E-state index in [2.05, 4.69) is 24.9 Å². The molecule has 1 aromatic carbocycles. The summed E-state index contributed by atoms with van der Waals surface area (Å²) in [5.41, 5.74) is 6.98. The number of nitrogens with zero attached hydrogens (tertiary/aromatic N) is 3. The Morgan fingerprint density at radius 3 is 2.79 bits per heavy atom. The largest absolute Gasteiger partial charge is 0.393 e. The fraction of sp³-hybridized carbons (Fsp3) is 0.192. The number of nitrogens with one attached hydrogen (secondary N) is 2. The highest BCUT2D eigenvalue weighted by Gasteiger charge is 2.26. The quantitative estimate of drug-likeness (QED) is 0.175. The van der Waals surface area contributed by atoms with Crippen LogP contribution in [0.4, 0.5) is 5.82 Å². The average Bonchev–Trinajstić information content (AvgIpc) is 3.62. The molecule has 2 unspecified atom stereocenters. The number of sulfonamides is 1. The van der Waals surface area contributed by atoms with E-state index in [-0.39, 0.29) is 17.3 Å². The number of rotatable bonds is 9. The summed E-state index contributed by atoms with van der Waals surface area (Å²) in [6.07, 6.45) is 4.11. The number of fused-ring (bicyclic) bond motifs is 1. The Kier molecular flexibility index (Phi) is 7.42. The third-order valence-corrected chi connectivity index (χ3v) is 9.37. The van der Waals surface area contributed by atoms with E-state index in [4.69, 9.17) is 17.3 Å². The molecule has 0 aliphatic carbocycles. The van der Waals surface area contributed by atoms with E-state index < -0.39 is 28.1 Å². The first kappa shape index (κ1) is 27.2. The molecule has 0 radical (unpaired) electrons. The fourth-order valence-electron chi connectivity index (χ4n) is 4.17. The number of hydrogen-bond donors (Lipinski definition) is 5. The number of H-pyrrole nitrogens is 1. The standard InChI is InChI=1S/C26H25ClN6O4S2/c1-26(35,14-34)16-7-8-29-21(10-16)18-4-2-3-15-9-22(38-25(15)18)19(24-20(27)5-6-23(28)33-24)13-32-39(36,37)17-11-30-31-12-17/h2-12,19,32,34-35H,13-14H2,1H3,(H2,28,33)(H,30,31). The Balaban J connectivity index is 1.59.